The summed E-state index contributed by atoms with van der Waals surface area (Å²) in [7, 11) is 0. The molecule has 4 heteroatoms. The lowest BCUT2D eigenvalue weighted by atomic mass is 10.0. The second-order valence-corrected chi connectivity index (χ2v) is 5.98. The summed E-state index contributed by atoms with van der Waals surface area (Å²) in [6.07, 6.45) is 7.49. The molecule has 0 saturated carbocycles. The molecule has 3 heterocycles. The molecule has 2 aromatic heterocycles. The smallest absolute Gasteiger partial charge is 0.124 e. The number of nitrogens with zero attached hydrogens (tertiary/aromatic N) is 3. The lowest BCUT2D eigenvalue weighted by Gasteiger charge is -2.34. The van der Waals surface area contributed by atoms with Crippen molar-refractivity contribution in [3.05, 3.63) is 60.2 Å². The van der Waals surface area contributed by atoms with E-state index in [4.69, 9.17) is 4.98 Å². The number of rotatable bonds is 3. The zero-order valence-electron chi connectivity index (χ0n) is 12.6. The van der Waals surface area contributed by atoms with Crippen molar-refractivity contribution in [1.82, 2.24) is 19.9 Å². The molecule has 1 atom stereocenters. The number of fused-ring (bicyclic) bond motifs is 1. The summed E-state index contributed by atoms with van der Waals surface area (Å²) in [5, 5.41) is 0. The first-order valence-corrected chi connectivity index (χ1v) is 7.98. The molecule has 3 aromatic rings. The van der Waals surface area contributed by atoms with Crippen LogP contribution in [0.3, 0.4) is 0 Å². The van der Waals surface area contributed by atoms with Crippen LogP contribution < -0.4 is 0 Å². The van der Waals surface area contributed by atoms with Crippen molar-refractivity contribution in [3.8, 4) is 0 Å². The van der Waals surface area contributed by atoms with E-state index in [0.29, 0.717) is 6.04 Å². The summed E-state index contributed by atoms with van der Waals surface area (Å²) >= 11 is 0. The van der Waals surface area contributed by atoms with Gasteiger partial charge in [0.2, 0.25) is 0 Å². The number of imidazole rings is 1. The first-order chi connectivity index (χ1) is 10.9. The Morgan fingerprint density at radius 2 is 2.09 bits per heavy atom. The molecule has 4 nitrogen and oxygen atoms in total. The molecule has 0 spiro atoms. The van der Waals surface area contributed by atoms with Gasteiger partial charge >= 0.3 is 0 Å². The minimum atomic E-state index is 0.376. The van der Waals surface area contributed by atoms with Crippen molar-refractivity contribution in [1.29, 1.82) is 0 Å². The quantitative estimate of drug-likeness (QED) is 0.801. The molecule has 112 valence electrons. The van der Waals surface area contributed by atoms with Crippen molar-refractivity contribution in [3.63, 3.8) is 0 Å². The number of aromatic amines is 1. The number of aromatic nitrogens is 3. The molecule has 0 amide bonds. The summed E-state index contributed by atoms with van der Waals surface area (Å²) in [5.74, 6) is 1.10. The normalized spacial score (nSPS) is 19.5. The second kappa shape index (κ2) is 5.89. The van der Waals surface area contributed by atoms with Crippen LogP contribution in [-0.2, 0) is 6.54 Å². The third kappa shape index (κ3) is 2.62. The molecule has 1 fully saturated rings. The molecular formula is C18H20N4. The summed E-state index contributed by atoms with van der Waals surface area (Å²) in [4.78, 5) is 15.1. The van der Waals surface area contributed by atoms with E-state index in [9.17, 15) is 0 Å². The van der Waals surface area contributed by atoms with Gasteiger partial charge in [-0.2, -0.15) is 0 Å². The highest BCUT2D eigenvalue weighted by molar-refractivity contribution is 5.74. The van der Waals surface area contributed by atoms with Crippen LogP contribution in [0.4, 0.5) is 0 Å². The molecule has 1 N–H and O–H groups in total. The van der Waals surface area contributed by atoms with Crippen LogP contribution >= 0.6 is 0 Å². The van der Waals surface area contributed by atoms with Crippen LogP contribution in [-0.4, -0.2) is 26.4 Å². The molecule has 1 aromatic carbocycles. The predicted octanol–water partition coefficient (Wildman–Crippen LogP) is 3.69. The Bertz CT molecular complexity index is 717. The Hall–Kier alpha value is -2.20. The molecule has 4 rings (SSSR count). The topological polar surface area (TPSA) is 44.8 Å². The molecule has 1 aliphatic rings. The van der Waals surface area contributed by atoms with E-state index in [1.54, 1.807) is 0 Å². The molecular weight excluding hydrogens is 272 g/mol. The standard InChI is InChI=1S/C18H20N4/c1-2-8-16-15(7-1)20-18(21-16)17-9-3-4-11-22(17)13-14-6-5-10-19-12-14/h1-2,5-8,10,12,17H,3-4,9,11,13H2,(H,20,21). The van der Waals surface area contributed by atoms with E-state index in [1.165, 1.54) is 24.8 Å². The van der Waals surface area contributed by atoms with Gasteiger partial charge in [-0.15, -0.1) is 0 Å². The highest BCUT2D eigenvalue weighted by atomic mass is 15.2. The second-order valence-electron chi connectivity index (χ2n) is 5.98. The van der Waals surface area contributed by atoms with Gasteiger partial charge in [-0.25, -0.2) is 4.98 Å². The van der Waals surface area contributed by atoms with Gasteiger partial charge in [-0.3, -0.25) is 9.88 Å². The third-order valence-electron chi connectivity index (χ3n) is 4.45. The first-order valence-electron chi connectivity index (χ1n) is 7.98. The molecule has 1 saturated heterocycles. The van der Waals surface area contributed by atoms with Crippen LogP contribution in [0.1, 0.15) is 36.7 Å². The van der Waals surface area contributed by atoms with Crippen LogP contribution in [0.15, 0.2) is 48.8 Å². The number of pyridine rings is 1. The number of H-pyrrole nitrogens is 1. The number of nitrogens with one attached hydrogen (secondary N) is 1. The average Bonchev–Trinajstić information content (AvgIpc) is 3.00. The Labute approximate surface area is 130 Å². The lowest BCUT2D eigenvalue weighted by molar-refractivity contribution is 0.134. The maximum atomic E-state index is 4.82. The van der Waals surface area contributed by atoms with E-state index >= 15 is 0 Å². The Morgan fingerprint density at radius 3 is 2.95 bits per heavy atom. The summed E-state index contributed by atoms with van der Waals surface area (Å²) in [5.41, 5.74) is 3.46. The lowest BCUT2D eigenvalue weighted by Crippen LogP contribution is -2.33. The molecule has 22 heavy (non-hydrogen) atoms. The van der Waals surface area contributed by atoms with Crippen molar-refractivity contribution in [2.45, 2.75) is 31.8 Å². The molecule has 0 aliphatic carbocycles. The largest absolute Gasteiger partial charge is 0.341 e. The number of benzene rings is 1. The Morgan fingerprint density at radius 1 is 1.14 bits per heavy atom. The van der Waals surface area contributed by atoms with Gasteiger partial charge in [-0.1, -0.05) is 24.6 Å². The monoisotopic (exact) mass is 292 g/mol. The maximum absolute atomic E-state index is 4.82. The van der Waals surface area contributed by atoms with Gasteiger partial charge in [0, 0.05) is 18.9 Å². The number of piperidine rings is 1. The maximum Gasteiger partial charge on any atom is 0.124 e. The van der Waals surface area contributed by atoms with Crippen LogP contribution in [0.5, 0.6) is 0 Å². The highest BCUT2D eigenvalue weighted by Crippen LogP contribution is 2.31. The number of hydrogen-bond acceptors (Lipinski definition) is 3. The number of para-hydroxylation sites is 2. The van der Waals surface area contributed by atoms with Crippen molar-refractivity contribution in [2.75, 3.05) is 6.54 Å². The van der Waals surface area contributed by atoms with E-state index in [-0.39, 0.29) is 0 Å². The van der Waals surface area contributed by atoms with Gasteiger partial charge in [-0.05, 0) is 43.1 Å². The van der Waals surface area contributed by atoms with Crippen molar-refractivity contribution in [2.24, 2.45) is 0 Å². The molecule has 1 unspecified atom stereocenters. The summed E-state index contributed by atoms with van der Waals surface area (Å²) in [6.45, 7) is 2.06. The van der Waals surface area contributed by atoms with E-state index in [1.807, 2.05) is 24.5 Å². The fourth-order valence-corrected chi connectivity index (χ4v) is 3.35. The van der Waals surface area contributed by atoms with Crippen molar-refractivity contribution < 1.29 is 0 Å². The molecule has 0 bridgehead atoms. The van der Waals surface area contributed by atoms with E-state index in [0.717, 1.165) is 29.9 Å². The number of hydrogen-bond donors (Lipinski definition) is 1. The summed E-state index contributed by atoms with van der Waals surface area (Å²) in [6, 6.07) is 12.8. The van der Waals surface area contributed by atoms with Gasteiger partial charge < -0.3 is 4.98 Å². The minimum Gasteiger partial charge on any atom is -0.341 e. The van der Waals surface area contributed by atoms with Gasteiger partial charge in [0.25, 0.3) is 0 Å². The Balaban J connectivity index is 1.62. The van der Waals surface area contributed by atoms with Gasteiger partial charge in [0.15, 0.2) is 0 Å². The van der Waals surface area contributed by atoms with E-state index < -0.39 is 0 Å². The van der Waals surface area contributed by atoms with Crippen LogP contribution in [0.25, 0.3) is 11.0 Å². The van der Waals surface area contributed by atoms with Crippen LogP contribution in [0, 0.1) is 0 Å². The molecule has 0 radical (unpaired) electrons. The van der Waals surface area contributed by atoms with Crippen molar-refractivity contribution >= 4 is 11.0 Å². The minimum absolute atomic E-state index is 0.376. The van der Waals surface area contributed by atoms with Gasteiger partial charge in [0.05, 0.1) is 17.1 Å². The average molecular weight is 292 g/mol. The van der Waals surface area contributed by atoms with E-state index in [2.05, 4.69) is 39.1 Å². The SMILES string of the molecule is c1cncc(CN2CCCCC2c2nc3ccccc3[nH]2)c1. The van der Waals surface area contributed by atoms with Crippen LogP contribution in [0.2, 0.25) is 0 Å². The zero-order valence-corrected chi connectivity index (χ0v) is 12.6. The fraction of sp³-hybridized carbons (Fsp3) is 0.333. The summed E-state index contributed by atoms with van der Waals surface area (Å²) < 4.78 is 0. The Kier molecular flexibility index (Phi) is 3.60. The third-order valence-corrected chi connectivity index (χ3v) is 4.45. The van der Waals surface area contributed by atoms with Gasteiger partial charge in [0.1, 0.15) is 5.82 Å². The zero-order chi connectivity index (χ0) is 14.8. The fourth-order valence-electron chi connectivity index (χ4n) is 3.35. The molecule has 1 aliphatic heterocycles. The highest BCUT2D eigenvalue weighted by Gasteiger charge is 2.26. The predicted molar refractivity (Wildman–Crippen MR) is 87.3 cm³/mol. The first kappa shape index (κ1) is 13.5. The number of likely N-dealkylation sites (tertiary alicyclic amines) is 1.